The Kier molecular flexibility index (Phi) is 9.87. The van der Waals surface area contributed by atoms with Crippen LogP contribution >= 0.6 is 0 Å². The molecule has 3 atom stereocenters. The van der Waals surface area contributed by atoms with Crippen molar-refractivity contribution in [3.63, 3.8) is 0 Å². The fraction of sp³-hybridized carbons (Fsp3) is 0.406. The van der Waals surface area contributed by atoms with Crippen molar-refractivity contribution < 1.29 is 43.0 Å². The van der Waals surface area contributed by atoms with Gasteiger partial charge in [-0.05, 0) is 31.4 Å². The Morgan fingerprint density at radius 1 is 1.13 bits per heavy atom. The molecule has 1 aliphatic carbocycles. The summed E-state index contributed by atoms with van der Waals surface area (Å²) in [6.07, 6.45) is 10.3. The quantitative estimate of drug-likeness (QED) is 0.101. The van der Waals surface area contributed by atoms with Gasteiger partial charge < -0.3 is 39.6 Å². The molecule has 3 unspecified atom stereocenters. The molecule has 244 valence electrons. The first-order valence-electron chi connectivity index (χ1n) is 14.8. The number of dihydropyridines is 2. The van der Waals surface area contributed by atoms with Gasteiger partial charge in [-0.2, -0.15) is 0 Å². The predicted molar refractivity (Wildman–Crippen MR) is 162 cm³/mol. The third kappa shape index (κ3) is 6.53. The SMILES string of the molecule is COC(=O)C1=C(C)NC(COCCNC(=O)C2(OC3=CC=C4CCC=CC4N3)CCO2)=C(C(=O)OC)C1c1ccccc1[N+](=O)[O-]. The molecule has 0 bridgehead atoms. The van der Waals surface area contributed by atoms with Crippen LogP contribution in [0.15, 0.2) is 82.6 Å². The zero-order chi connectivity index (χ0) is 32.8. The van der Waals surface area contributed by atoms with Crippen LogP contribution in [0.2, 0.25) is 0 Å². The number of para-hydroxylation sites is 1. The minimum absolute atomic E-state index is 0.0211. The zero-order valence-electron chi connectivity index (χ0n) is 25.8. The van der Waals surface area contributed by atoms with E-state index in [1.165, 1.54) is 38.0 Å². The van der Waals surface area contributed by atoms with Crippen LogP contribution in [0.4, 0.5) is 5.69 Å². The minimum atomic E-state index is -1.46. The molecule has 14 heteroatoms. The highest BCUT2D eigenvalue weighted by atomic mass is 16.7. The largest absolute Gasteiger partial charge is 0.466 e. The highest BCUT2D eigenvalue weighted by Crippen LogP contribution is 2.42. The number of benzene rings is 1. The molecule has 4 aliphatic rings. The van der Waals surface area contributed by atoms with Gasteiger partial charge in [0.05, 0.1) is 67.8 Å². The molecule has 3 N–H and O–H groups in total. The Labute approximate surface area is 265 Å². The standard InChI is InChI=1S/C32H36N4O10/c1-19-26(29(37)42-2)27(21-9-5-7-11-24(21)36(40)41)28(30(38)43-3)23(34-19)18-44-17-15-33-31(39)32(14-16-45-32)46-25-13-12-20-8-4-6-10-22(20)35-25/h5-7,9-13,22,27,34-35H,4,8,14-18H2,1-3H3,(H,33,39). The lowest BCUT2D eigenvalue weighted by Gasteiger charge is -2.41. The molecule has 1 saturated heterocycles. The van der Waals surface area contributed by atoms with E-state index in [4.69, 9.17) is 23.7 Å². The number of nitrogens with one attached hydrogen (secondary N) is 3. The van der Waals surface area contributed by atoms with E-state index in [2.05, 4.69) is 28.1 Å². The van der Waals surface area contributed by atoms with Crippen molar-refractivity contribution >= 4 is 23.5 Å². The van der Waals surface area contributed by atoms with E-state index in [0.717, 1.165) is 12.8 Å². The average molecular weight is 637 g/mol. The Balaban J connectivity index is 1.27. The monoisotopic (exact) mass is 636 g/mol. The maximum atomic E-state index is 13.2. The van der Waals surface area contributed by atoms with Crippen molar-refractivity contribution in [2.45, 2.75) is 43.9 Å². The smallest absolute Gasteiger partial charge is 0.336 e. The second kappa shape index (κ2) is 14.0. The lowest BCUT2D eigenvalue weighted by atomic mass is 9.79. The molecule has 0 radical (unpaired) electrons. The van der Waals surface area contributed by atoms with Gasteiger partial charge in [-0.1, -0.05) is 36.4 Å². The van der Waals surface area contributed by atoms with Crippen LogP contribution in [-0.2, 0) is 38.1 Å². The molecule has 3 heterocycles. The van der Waals surface area contributed by atoms with Crippen molar-refractivity contribution in [2.75, 3.05) is 40.6 Å². The number of methoxy groups -OCH3 is 2. The fourth-order valence-corrected chi connectivity index (χ4v) is 5.80. The summed E-state index contributed by atoms with van der Waals surface area (Å²) in [6.45, 7) is 1.93. The average Bonchev–Trinajstić information content (AvgIpc) is 3.04. The lowest BCUT2D eigenvalue weighted by molar-refractivity contribution is -0.385. The third-order valence-electron chi connectivity index (χ3n) is 8.14. The van der Waals surface area contributed by atoms with Crippen molar-refractivity contribution in [3.05, 3.63) is 98.2 Å². The molecule has 0 aromatic heterocycles. The number of rotatable bonds is 12. The topological polar surface area (TPSA) is 177 Å². The highest BCUT2D eigenvalue weighted by Gasteiger charge is 2.49. The molecule has 14 nitrogen and oxygen atoms in total. The first kappa shape index (κ1) is 32.4. The zero-order valence-corrected chi connectivity index (χ0v) is 25.8. The van der Waals surface area contributed by atoms with Crippen molar-refractivity contribution in [3.8, 4) is 0 Å². The second-order valence-corrected chi connectivity index (χ2v) is 10.9. The fourth-order valence-electron chi connectivity index (χ4n) is 5.80. The van der Waals surface area contributed by atoms with Gasteiger partial charge in [0.25, 0.3) is 17.4 Å². The molecule has 46 heavy (non-hydrogen) atoms. The van der Waals surface area contributed by atoms with E-state index in [0.29, 0.717) is 24.6 Å². The lowest BCUT2D eigenvalue weighted by Crippen LogP contribution is -2.59. The van der Waals surface area contributed by atoms with Gasteiger partial charge in [-0.25, -0.2) is 9.59 Å². The molecule has 3 aliphatic heterocycles. The van der Waals surface area contributed by atoms with Crippen LogP contribution in [0.5, 0.6) is 0 Å². The van der Waals surface area contributed by atoms with Crippen molar-refractivity contribution in [1.82, 2.24) is 16.0 Å². The second-order valence-electron chi connectivity index (χ2n) is 10.9. The Morgan fingerprint density at radius 2 is 1.87 bits per heavy atom. The summed E-state index contributed by atoms with van der Waals surface area (Å²) in [5.41, 5.74) is 1.62. The number of esters is 2. The third-order valence-corrected chi connectivity index (χ3v) is 8.14. The predicted octanol–water partition coefficient (Wildman–Crippen LogP) is 2.51. The van der Waals surface area contributed by atoms with E-state index in [1.54, 1.807) is 19.1 Å². The van der Waals surface area contributed by atoms with E-state index in [1.807, 2.05) is 6.08 Å². The number of hydrogen-bond acceptors (Lipinski definition) is 12. The van der Waals surface area contributed by atoms with Gasteiger partial charge in [-0.3, -0.25) is 14.9 Å². The maximum Gasteiger partial charge on any atom is 0.336 e. The van der Waals surface area contributed by atoms with Crippen LogP contribution < -0.4 is 16.0 Å². The minimum Gasteiger partial charge on any atom is -0.466 e. The van der Waals surface area contributed by atoms with E-state index >= 15 is 0 Å². The molecular formula is C32H36N4O10. The van der Waals surface area contributed by atoms with Crippen LogP contribution in [0.25, 0.3) is 0 Å². The number of nitro benzene ring substituents is 1. The molecule has 1 aromatic rings. The molecule has 0 spiro atoms. The summed E-state index contributed by atoms with van der Waals surface area (Å²) in [6, 6.07) is 5.85. The summed E-state index contributed by atoms with van der Waals surface area (Å²) in [4.78, 5) is 50.5. The summed E-state index contributed by atoms with van der Waals surface area (Å²) in [5.74, 6) is -4.22. The molecule has 1 fully saturated rings. The molecule has 0 saturated carbocycles. The van der Waals surface area contributed by atoms with Gasteiger partial charge in [0.15, 0.2) is 5.88 Å². The first-order valence-corrected chi connectivity index (χ1v) is 14.8. The van der Waals surface area contributed by atoms with Crippen LogP contribution in [-0.4, -0.2) is 75.2 Å². The van der Waals surface area contributed by atoms with E-state index in [9.17, 15) is 24.5 Å². The molecule has 1 aromatic carbocycles. The number of ether oxygens (including phenoxy) is 5. The van der Waals surface area contributed by atoms with E-state index in [-0.39, 0.29) is 53.9 Å². The molecule has 1 amide bonds. The van der Waals surface area contributed by atoms with Gasteiger partial charge in [0.2, 0.25) is 0 Å². The summed E-state index contributed by atoms with van der Waals surface area (Å²) in [7, 11) is 2.35. The van der Waals surface area contributed by atoms with E-state index < -0.39 is 34.5 Å². The number of amides is 1. The van der Waals surface area contributed by atoms with Crippen molar-refractivity contribution in [2.24, 2.45) is 0 Å². The summed E-state index contributed by atoms with van der Waals surface area (Å²) < 4.78 is 27.4. The molecule has 5 rings (SSSR count). The summed E-state index contributed by atoms with van der Waals surface area (Å²) >= 11 is 0. The van der Waals surface area contributed by atoms with Crippen molar-refractivity contribution in [1.29, 1.82) is 0 Å². The maximum absolute atomic E-state index is 13.2. The highest BCUT2D eigenvalue weighted by molar-refractivity contribution is 6.00. The number of nitrogens with zero attached hydrogens (tertiary/aromatic N) is 1. The summed E-state index contributed by atoms with van der Waals surface area (Å²) in [5, 5.41) is 21.0. The van der Waals surface area contributed by atoms with Gasteiger partial charge in [0.1, 0.15) is 0 Å². The number of allylic oxidation sites excluding steroid dienone is 4. The van der Waals surface area contributed by atoms with Gasteiger partial charge in [0, 0.05) is 30.3 Å². The molecular weight excluding hydrogens is 600 g/mol. The number of carbonyl (C=O) groups excluding carboxylic acids is 3. The number of nitro groups is 1. The van der Waals surface area contributed by atoms with Crippen LogP contribution in [0, 0.1) is 10.1 Å². The van der Waals surface area contributed by atoms with Gasteiger partial charge >= 0.3 is 11.9 Å². The normalized spacial score (nSPS) is 23.5. The van der Waals surface area contributed by atoms with Crippen LogP contribution in [0.3, 0.4) is 0 Å². The van der Waals surface area contributed by atoms with Crippen LogP contribution in [0.1, 0.15) is 37.7 Å². The number of carbonyl (C=O) groups is 3. The van der Waals surface area contributed by atoms with Gasteiger partial charge in [-0.15, -0.1) is 0 Å². The Morgan fingerprint density at radius 3 is 2.57 bits per heavy atom. The Hall–Kier alpha value is -4.95. The Bertz CT molecular complexity index is 1570. The first-order chi connectivity index (χ1) is 22.2. The number of hydrogen-bond donors (Lipinski definition) is 3. The number of fused-ring (bicyclic) bond motifs is 1.